The highest BCUT2D eigenvalue weighted by Crippen LogP contribution is 2.31. The minimum absolute atomic E-state index is 0.0305. The lowest BCUT2D eigenvalue weighted by molar-refractivity contribution is 0.415. The minimum Gasteiger partial charge on any atom is -0.495 e. The number of ether oxygens (including phenoxy) is 1. The van der Waals surface area contributed by atoms with Crippen molar-refractivity contribution in [2.75, 3.05) is 24.4 Å². The normalized spacial score (nSPS) is 13.9. The predicted octanol–water partition coefficient (Wildman–Crippen LogP) is 2.84. The van der Waals surface area contributed by atoms with Crippen molar-refractivity contribution in [2.45, 2.75) is 39.2 Å². The Morgan fingerprint density at radius 3 is 2.35 bits per heavy atom. The van der Waals surface area contributed by atoms with Crippen molar-refractivity contribution in [1.82, 2.24) is 0 Å². The fourth-order valence-electron chi connectivity index (χ4n) is 2.05. The van der Waals surface area contributed by atoms with E-state index < -0.39 is 9.84 Å². The van der Waals surface area contributed by atoms with Gasteiger partial charge in [-0.25, -0.2) is 8.42 Å². The van der Waals surface area contributed by atoms with E-state index in [1.165, 1.54) is 11.8 Å². The standard InChI is InChI=1S/C15H25NO3S/c1-11(10-20(6,17)18)16-13-9-12(15(2,3)4)7-8-14(13)19-5/h7-9,11,16H,10H2,1-6H3. The van der Waals surface area contributed by atoms with Crippen LogP contribution in [-0.4, -0.2) is 33.6 Å². The van der Waals surface area contributed by atoms with Gasteiger partial charge in [0, 0.05) is 12.3 Å². The Morgan fingerprint density at radius 1 is 1.30 bits per heavy atom. The monoisotopic (exact) mass is 299 g/mol. The average Bonchev–Trinajstić information content (AvgIpc) is 2.24. The van der Waals surface area contributed by atoms with Gasteiger partial charge in [0.2, 0.25) is 0 Å². The van der Waals surface area contributed by atoms with E-state index in [1.807, 2.05) is 25.1 Å². The summed E-state index contributed by atoms with van der Waals surface area (Å²) >= 11 is 0. The van der Waals surface area contributed by atoms with Crippen LogP contribution >= 0.6 is 0 Å². The van der Waals surface area contributed by atoms with Gasteiger partial charge in [0.1, 0.15) is 15.6 Å². The molecule has 1 aromatic rings. The molecule has 20 heavy (non-hydrogen) atoms. The van der Waals surface area contributed by atoms with Gasteiger partial charge in [0.25, 0.3) is 0 Å². The molecule has 0 bridgehead atoms. The molecule has 114 valence electrons. The topological polar surface area (TPSA) is 55.4 Å². The second kappa shape index (κ2) is 6.04. The summed E-state index contributed by atoms with van der Waals surface area (Å²) in [5, 5.41) is 3.23. The average molecular weight is 299 g/mol. The molecular formula is C15H25NO3S. The van der Waals surface area contributed by atoms with E-state index in [4.69, 9.17) is 4.74 Å². The van der Waals surface area contributed by atoms with Crippen LogP contribution in [0, 0.1) is 0 Å². The van der Waals surface area contributed by atoms with Gasteiger partial charge in [-0.15, -0.1) is 0 Å². The zero-order chi connectivity index (χ0) is 15.6. The molecule has 4 nitrogen and oxygen atoms in total. The molecule has 1 aromatic carbocycles. The fraction of sp³-hybridized carbons (Fsp3) is 0.600. The number of rotatable bonds is 5. The summed E-state index contributed by atoms with van der Waals surface area (Å²) < 4.78 is 28.0. The van der Waals surface area contributed by atoms with Crippen molar-refractivity contribution >= 4 is 15.5 Å². The van der Waals surface area contributed by atoms with E-state index in [-0.39, 0.29) is 17.2 Å². The summed E-state index contributed by atoms with van der Waals surface area (Å²) in [5.74, 6) is 0.814. The number of methoxy groups -OCH3 is 1. The van der Waals surface area contributed by atoms with E-state index in [1.54, 1.807) is 7.11 Å². The SMILES string of the molecule is COc1ccc(C(C)(C)C)cc1NC(C)CS(C)(=O)=O. The van der Waals surface area contributed by atoms with E-state index in [0.717, 1.165) is 11.4 Å². The zero-order valence-corrected chi connectivity index (χ0v) is 14.0. The maximum Gasteiger partial charge on any atom is 0.149 e. The van der Waals surface area contributed by atoms with Gasteiger partial charge in [0.05, 0.1) is 18.6 Å². The third-order valence-corrected chi connectivity index (χ3v) is 4.13. The summed E-state index contributed by atoms with van der Waals surface area (Å²) in [6.45, 7) is 8.26. The first kappa shape index (κ1) is 16.8. The highest BCUT2D eigenvalue weighted by atomic mass is 32.2. The van der Waals surface area contributed by atoms with E-state index in [9.17, 15) is 8.42 Å². The van der Waals surface area contributed by atoms with Crippen LogP contribution in [-0.2, 0) is 15.3 Å². The molecule has 0 aliphatic heterocycles. The summed E-state index contributed by atoms with van der Waals surface area (Å²) in [7, 11) is -1.40. The molecule has 5 heteroatoms. The first-order valence-corrected chi connectivity index (χ1v) is 8.72. The molecule has 1 unspecified atom stereocenters. The molecule has 0 amide bonds. The fourth-order valence-corrected chi connectivity index (χ4v) is 3.04. The van der Waals surface area contributed by atoms with E-state index in [2.05, 4.69) is 26.1 Å². The molecule has 1 atom stereocenters. The summed E-state index contributed by atoms with van der Waals surface area (Å²) in [4.78, 5) is 0. The summed E-state index contributed by atoms with van der Waals surface area (Å²) in [6.07, 6.45) is 1.24. The molecule has 0 spiro atoms. The third kappa shape index (κ3) is 5.04. The van der Waals surface area contributed by atoms with E-state index in [0.29, 0.717) is 0 Å². The second-order valence-corrected chi connectivity index (χ2v) is 8.49. The largest absolute Gasteiger partial charge is 0.495 e. The first-order chi connectivity index (χ1) is 9.03. The quantitative estimate of drug-likeness (QED) is 0.908. The first-order valence-electron chi connectivity index (χ1n) is 6.65. The van der Waals surface area contributed by atoms with Crippen LogP contribution in [0.4, 0.5) is 5.69 Å². The predicted molar refractivity (Wildman–Crippen MR) is 84.5 cm³/mol. The molecule has 0 radical (unpaired) electrons. The molecule has 1 N–H and O–H groups in total. The number of sulfone groups is 1. The van der Waals surface area contributed by atoms with Gasteiger partial charge < -0.3 is 10.1 Å². The van der Waals surface area contributed by atoms with Crippen LogP contribution in [0.2, 0.25) is 0 Å². The van der Waals surface area contributed by atoms with Crippen LogP contribution in [0.25, 0.3) is 0 Å². The van der Waals surface area contributed by atoms with Gasteiger partial charge in [-0.2, -0.15) is 0 Å². The van der Waals surface area contributed by atoms with Crippen LogP contribution in [0.5, 0.6) is 5.75 Å². The molecule has 0 aromatic heterocycles. The minimum atomic E-state index is -3.00. The Bertz CT molecular complexity index is 559. The summed E-state index contributed by atoms with van der Waals surface area (Å²) in [5.41, 5.74) is 2.03. The van der Waals surface area contributed by atoms with Crippen LogP contribution in [0.3, 0.4) is 0 Å². The number of nitrogens with one attached hydrogen (secondary N) is 1. The Kier molecular flexibility index (Phi) is 5.08. The van der Waals surface area contributed by atoms with Crippen molar-refractivity contribution in [2.24, 2.45) is 0 Å². The smallest absolute Gasteiger partial charge is 0.149 e. The van der Waals surface area contributed by atoms with Crippen molar-refractivity contribution in [3.05, 3.63) is 23.8 Å². The zero-order valence-electron chi connectivity index (χ0n) is 13.1. The maximum atomic E-state index is 11.3. The van der Waals surface area contributed by atoms with Gasteiger partial charge in [-0.1, -0.05) is 26.8 Å². The molecule has 0 saturated heterocycles. The third-order valence-electron chi connectivity index (χ3n) is 3.02. The molecule has 1 rings (SSSR count). The summed E-state index contributed by atoms with van der Waals surface area (Å²) in [6, 6.07) is 5.80. The van der Waals surface area contributed by atoms with Gasteiger partial charge in [0.15, 0.2) is 0 Å². The van der Waals surface area contributed by atoms with Gasteiger partial charge >= 0.3 is 0 Å². The maximum absolute atomic E-state index is 11.3. The van der Waals surface area contributed by atoms with E-state index >= 15 is 0 Å². The Morgan fingerprint density at radius 2 is 1.90 bits per heavy atom. The molecule has 0 saturated carbocycles. The number of benzene rings is 1. The number of anilines is 1. The molecule has 0 aliphatic carbocycles. The molecular weight excluding hydrogens is 274 g/mol. The van der Waals surface area contributed by atoms with Crippen LogP contribution in [0.1, 0.15) is 33.3 Å². The number of hydrogen-bond donors (Lipinski definition) is 1. The lowest BCUT2D eigenvalue weighted by atomic mass is 9.87. The van der Waals surface area contributed by atoms with Crippen LogP contribution in [0.15, 0.2) is 18.2 Å². The van der Waals surface area contributed by atoms with Crippen molar-refractivity contribution in [3.63, 3.8) is 0 Å². The molecule has 0 aliphatic rings. The molecule has 0 heterocycles. The van der Waals surface area contributed by atoms with Crippen molar-refractivity contribution < 1.29 is 13.2 Å². The Labute approximate surface area is 122 Å². The van der Waals surface area contributed by atoms with Crippen LogP contribution < -0.4 is 10.1 Å². The molecule has 0 fully saturated rings. The highest BCUT2D eigenvalue weighted by molar-refractivity contribution is 7.90. The lowest BCUT2D eigenvalue weighted by Gasteiger charge is -2.23. The van der Waals surface area contributed by atoms with Gasteiger partial charge in [-0.05, 0) is 30.0 Å². The van der Waals surface area contributed by atoms with Crippen molar-refractivity contribution in [3.8, 4) is 5.75 Å². The van der Waals surface area contributed by atoms with Gasteiger partial charge in [-0.3, -0.25) is 0 Å². The Hall–Kier alpha value is -1.23. The lowest BCUT2D eigenvalue weighted by Crippen LogP contribution is -2.25. The van der Waals surface area contributed by atoms with Crippen molar-refractivity contribution in [1.29, 1.82) is 0 Å². The second-order valence-electron chi connectivity index (χ2n) is 6.30. The highest BCUT2D eigenvalue weighted by Gasteiger charge is 2.17. The Balaban J connectivity index is 3.03. The number of hydrogen-bond acceptors (Lipinski definition) is 4.